The third-order valence-corrected chi connectivity index (χ3v) is 6.48. The van der Waals surface area contributed by atoms with Crippen molar-refractivity contribution in [3.8, 4) is 28.4 Å². The normalized spacial score (nSPS) is 10.7. The van der Waals surface area contributed by atoms with Crippen LogP contribution in [0, 0.1) is 0 Å². The van der Waals surface area contributed by atoms with Gasteiger partial charge in [-0.05, 0) is 41.0 Å². The van der Waals surface area contributed by atoms with Crippen molar-refractivity contribution in [3.63, 3.8) is 0 Å². The Bertz CT molecular complexity index is 1560. The molecule has 0 N–H and O–H groups in total. The molecule has 6 nitrogen and oxygen atoms in total. The minimum absolute atomic E-state index is 0.218. The van der Waals surface area contributed by atoms with Crippen LogP contribution in [-0.2, 0) is 6.54 Å². The molecule has 0 atom stereocenters. The predicted octanol–water partition coefficient (Wildman–Crippen LogP) is 6.77. The van der Waals surface area contributed by atoms with Crippen LogP contribution in [-0.4, -0.2) is 32.2 Å². The standard InChI is InChI=1S/C32H28N2O4/c1-36-29-18-25(19-30(37-2)31(29)38-3)32(35)34(26-17-23-13-8-10-16-28(23)33-20-26)21-24-14-7-9-15-27(24)22-11-5-4-6-12-22/h4-20H,21H2,1-3H3. The Hall–Kier alpha value is -4.84. The fourth-order valence-corrected chi connectivity index (χ4v) is 4.58. The average molecular weight is 505 g/mol. The van der Waals surface area contributed by atoms with Crippen LogP contribution < -0.4 is 19.1 Å². The van der Waals surface area contributed by atoms with Gasteiger partial charge >= 0.3 is 0 Å². The molecule has 0 aliphatic heterocycles. The maximum atomic E-state index is 14.2. The first kappa shape index (κ1) is 24.8. The lowest BCUT2D eigenvalue weighted by atomic mass is 9.99. The van der Waals surface area contributed by atoms with Crippen LogP contribution in [0.3, 0.4) is 0 Å². The number of ether oxygens (including phenoxy) is 3. The van der Waals surface area contributed by atoms with Gasteiger partial charge in [-0.2, -0.15) is 0 Å². The fraction of sp³-hybridized carbons (Fsp3) is 0.125. The van der Waals surface area contributed by atoms with Crippen molar-refractivity contribution in [2.75, 3.05) is 26.2 Å². The number of carbonyl (C=O) groups is 1. The summed E-state index contributed by atoms with van der Waals surface area (Å²) >= 11 is 0. The molecule has 1 heterocycles. The lowest BCUT2D eigenvalue weighted by Gasteiger charge is -2.25. The van der Waals surface area contributed by atoms with Crippen LogP contribution >= 0.6 is 0 Å². The van der Waals surface area contributed by atoms with Gasteiger partial charge in [0.15, 0.2) is 11.5 Å². The Morgan fingerprint density at radius 3 is 2.13 bits per heavy atom. The molecular weight excluding hydrogens is 476 g/mol. The van der Waals surface area contributed by atoms with Crippen molar-refractivity contribution in [1.29, 1.82) is 0 Å². The number of aromatic nitrogens is 1. The van der Waals surface area contributed by atoms with Crippen LogP contribution in [0.25, 0.3) is 22.0 Å². The summed E-state index contributed by atoms with van der Waals surface area (Å²) in [4.78, 5) is 20.6. The molecule has 38 heavy (non-hydrogen) atoms. The van der Waals surface area contributed by atoms with Gasteiger partial charge in [-0.3, -0.25) is 9.78 Å². The summed E-state index contributed by atoms with van der Waals surface area (Å²) in [6.45, 7) is 0.334. The quantitative estimate of drug-likeness (QED) is 0.233. The van der Waals surface area contributed by atoms with E-state index in [0.29, 0.717) is 35.0 Å². The maximum Gasteiger partial charge on any atom is 0.258 e. The topological polar surface area (TPSA) is 60.9 Å². The van der Waals surface area contributed by atoms with Crippen molar-refractivity contribution < 1.29 is 19.0 Å². The van der Waals surface area contributed by atoms with E-state index >= 15 is 0 Å². The third-order valence-electron chi connectivity index (χ3n) is 6.48. The summed E-state index contributed by atoms with van der Waals surface area (Å²) in [6, 6.07) is 31.5. The van der Waals surface area contributed by atoms with Gasteiger partial charge in [0.25, 0.3) is 5.91 Å². The highest BCUT2D eigenvalue weighted by Gasteiger charge is 2.24. The molecule has 5 rings (SSSR count). The molecule has 0 saturated carbocycles. The Morgan fingerprint density at radius 1 is 0.763 bits per heavy atom. The van der Waals surface area contributed by atoms with Crippen molar-refractivity contribution >= 4 is 22.5 Å². The van der Waals surface area contributed by atoms with E-state index in [1.807, 2.05) is 66.7 Å². The number of anilines is 1. The number of pyridine rings is 1. The second kappa shape index (κ2) is 11.0. The molecule has 0 bridgehead atoms. The molecule has 0 fully saturated rings. The van der Waals surface area contributed by atoms with Gasteiger partial charge in [-0.1, -0.05) is 72.8 Å². The van der Waals surface area contributed by atoms with E-state index in [1.54, 1.807) is 23.2 Å². The number of carbonyl (C=O) groups excluding carboxylic acids is 1. The molecule has 1 aromatic heterocycles. The monoisotopic (exact) mass is 504 g/mol. The molecule has 0 unspecified atom stereocenters. The highest BCUT2D eigenvalue weighted by molar-refractivity contribution is 6.07. The summed E-state index contributed by atoms with van der Waals surface area (Å²) in [6.07, 6.45) is 1.74. The van der Waals surface area contributed by atoms with E-state index in [-0.39, 0.29) is 5.91 Å². The van der Waals surface area contributed by atoms with Gasteiger partial charge in [0.1, 0.15) is 0 Å². The Morgan fingerprint density at radius 2 is 1.42 bits per heavy atom. The average Bonchev–Trinajstić information content (AvgIpc) is 2.99. The number of benzene rings is 4. The second-order valence-electron chi connectivity index (χ2n) is 8.71. The van der Waals surface area contributed by atoms with Gasteiger partial charge in [0, 0.05) is 10.9 Å². The molecular formula is C32H28N2O4. The number of rotatable bonds is 8. The molecule has 1 amide bonds. The molecule has 5 aromatic rings. The van der Waals surface area contributed by atoms with E-state index in [1.165, 1.54) is 21.3 Å². The van der Waals surface area contributed by atoms with E-state index in [9.17, 15) is 4.79 Å². The van der Waals surface area contributed by atoms with Crippen molar-refractivity contribution in [2.45, 2.75) is 6.54 Å². The van der Waals surface area contributed by atoms with Crippen LogP contribution in [0.2, 0.25) is 0 Å². The minimum atomic E-state index is -0.218. The highest BCUT2D eigenvalue weighted by Crippen LogP contribution is 2.39. The SMILES string of the molecule is COc1cc(C(=O)N(Cc2ccccc2-c2ccccc2)c2cnc3ccccc3c2)cc(OC)c1OC. The largest absolute Gasteiger partial charge is 0.493 e. The molecule has 190 valence electrons. The van der Waals surface area contributed by atoms with E-state index in [2.05, 4.69) is 23.2 Å². The number of para-hydroxylation sites is 1. The van der Waals surface area contributed by atoms with Crippen molar-refractivity contribution in [3.05, 3.63) is 114 Å². The Labute approximate surface area is 222 Å². The fourth-order valence-electron chi connectivity index (χ4n) is 4.58. The summed E-state index contributed by atoms with van der Waals surface area (Å²) in [7, 11) is 4.61. The molecule has 0 saturated heterocycles. The molecule has 0 aliphatic rings. The van der Waals surface area contributed by atoms with Gasteiger partial charge in [-0.15, -0.1) is 0 Å². The lowest BCUT2D eigenvalue weighted by molar-refractivity contribution is 0.0984. The van der Waals surface area contributed by atoms with Crippen LogP contribution in [0.1, 0.15) is 15.9 Å². The van der Waals surface area contributed by atoms with Gasteiger partial charge in [0.2, 0.25) is 5.75 Å². The first-order valence-corrected chi connectivity index (χ1v) is 12.2. The zero-order valence-corrected chi connectivity index (χ0v) is 21.5. The first-order valence-electron chi connectivity index (χ1n) is 12.2. The van der Waals surface area contributed by atoms with Crippen molar-refractivity contribution in [2.24, 2.45) is 0 Å². The summed E-state index contributed by atoms with van der Waals surface area (Å²) in [5.74, 6) is 1.04. The van der Waals surface area contributed by atoms with E-state index in [4.69, 9.17) is 14.2 Å². The summed E-state index contributed by atoms with van der Waals surface area (Å²) in [5.41, 5.74) is 5.11. The zero-order chi connectivity index (χ0) is 26.5. The number of amides is 1. The Kier molecular flexibility index (Phi) is 7.22. The van der Waals surface area contributed by atoms with E-state index in [0.717, 1.165) is 27.6 Å². The number of nitrogens with zero attached hydrogens (tertiary/aromatic N) is 2. The molecule has 0 spiro atoms. The Balaban J connectivity index is 1.64. The van der Waals surface area contributed by atoms with Gasteiger partial charge < -0.3 is 19.1 Å². The van der Waals surface area contributed by atoms with E-state index < -0.39 is 0 Å². The lowest BCUT2D eigenvalue weighted by Crippen LogP contribution is -2.31. The van der Waals surface area contributed by atoms with Crippen LogP contribution in [0.5, 0.6) is 17.2 Å². The zero-order valence-electron chi connectivity index (χ0n) is 21.5. The molecule has 6 heteroatoms. The van der Waals surface area contributed by atoms with Crippen LogP contribution in [0.15, 0.2) is 103 Å². The number of methoxy groups -OCH3 is 3. The van der Waals surface area contributed by atoms with Gasteiger partial charge in [-0.25, -0.2) is 0 Å². The smallest absolute Gasteiger partial charge is 0.258 e. The number of hydrogen-bond acceptors (Lipinski definition) is 5. The molecule has 0 aliphatic carbocycles. The van der Waals surface area contributed by atoms with Crippen molar-refractivity contribution in [1.82, 2.24) is 4.98 Å². The number of fused-ring (bicyclic) bond motifs is 1. The first-order chi connectivity index (χ1) is 18.6. The maximum absolute atomic E-state index is 14.2. The van der Waals surface area contributed by atoms with Crippen LogP contribution in [0.4, 0.5) is 5.69 Å². The third kappa shape index (κ3) is 4.89. The summed E-state index contributed by atoms with van der Waals surface area (Å²) in [5, 5.41) is 0.948. The summed E-state index contributed by atoms with van der Waals surface area (Å²) < 4.78 is 16.5. The van der Waals surface area contributed by atoms with Gasteiger partial charge in [0.05, 0.1) is 45.3 Å². The predicted molar refractivity (Wildman–Crippen MR) is 150 cm³/mol. The molecule has 0 radical (unpaired) electrons. The molecule has 4 aromatic carbocycles. The highest BCUT2D eigenvalue weighted by atomic mass is 16.5. The second-order valence-corrected chi connectivity index (χ2v) is 8.71. The number of hydrogen-bond donors (Lipinski definition) is 0. The minimum Gasteiger partial charge on any atom is -0.493 e.